The minimum Gasteiger partial charge on any atom is -0.444 e. The zero-order chi connectivity index (χ0) is 16.7. The molecule has 2 aliphatic heterocycles. The Bertz CT molecular complexity index is 708. The molecule has 1 fully saturated rings. The molecule has 9 heteroatoms. The van der Waals surface area contributed by atoms with Crippen LogP contribution >= 0.6 is 0 Å². The van der Waals surface area contributed by atoms with Crippen molar-refractivity contribution in [2.45, 2.75) is 12.7 Å². The third-order valence-electron chi connectivity index (χ3n) is 3.75. The smallest absolute Gasteiger partial charge is 0.415 e. The van der Waals surface area contributed by atoms with E-state index in [1.54, 1.807) is 0 Å². The molecule has 1 aromatic rings. The van der Waals surface area contributed by atoms with Crippen molar-refractivity contribution in [1.29, 1.82) is 0 Å². The van der Waals surface area contributed by atoms with Gasteiger partial charge in [0.25, 0.3) is 5.91 Å². The number of rotatable bonds is 2. The van der Waals surface area contributed by atoms with E-state index >= 15 is 0 Å². The maximum absolute atomic E-state index is 14.4. The van der Waals surface area contributed by atoms with Crippen LogP contribution in [0.25, 0.3) is 0 Å². The van der Waals surface area contributed by atoms with Crippen LogP contribution in [0.5, 0.6) is 0 Å². The van der Waals surface area contributed by atoms with E-state index < -0.39 is 30.0 Å². The normalized spacial score (nSPS) is 20.0. The van der Waals surface area contributed by atoms with Crippen LogP contribution in [0.15, 0.2) is 12.1 Å². The second kappa shape index (κ2) is 5.41. The number of nitrogens with zero attached hydrogens (tertiary/aromatic N) is 2. The van der Waals surface area contributed by atoms with E-state index in [1.807, 2.05) is 0 Å². The summed E-state index contributed by atoms with van der Waals surface area (Å²) in [5.74, 6) is -1.10. The van der Waals surface area contributed by atoms with E-state index in [0.29, 0.717) is 5.56 Å². The first-order valence-corrected chi connectivity index (χ1v) is 6.85. The molecule has 2 aliphatic rings. The van der Waals surface area contributed by atoms with Crippen LogP contribution in [-0.4, -0.2) is 44.8 Å². The summed E-state index contributed by atoms with van der Waals surface area (Å²) in [6.07, 6.45) is -2.34. The highest BCUT2D eigenvalue weighted by atomic mass is 19.1. The van der Waals surface area contributed by atoms with Crippen molar-refractivity contribution < 1.29 is 28.2 Å². The van der Waals surface area contributed by atoms with Crippen molar-refractivity contribution in [3.63, 3.8) is 0 Å². The van der Waals surface area contributed by atoms with Crippen molar-refractivity contribution in [3.8, 4) is 0 Å². The summed E-state index contributed by atoms with van der Waals surface area (Å²) >= 11 is 0. The Morgan fingerprint density at radius 2 is 2.09 bits per heavy atom. The average molecular weight is 323 g/mol. The first-order chi connectivity index (χ1) is 10.9. The lowest BCUT2D eigenvalue weighted by atomic mass is 10.1. The number of carbonyl (C=O) groups excluding carboxylic acids is 3. The van der Waals surface area contributed by atoms with Crippen LogP contribution < -0.4 is 15.1 Å². The SMILES string of the molecule is CNC(=O)[C@H]1CN(c2cc(F)c3c(c2)COC(=O)N3C)C(=O)O1. The molecule has 1 N–H and O–H groups in total. The fourth-order valence-corrected chi connectivity index (χ4v) is 2.58. The Balaban J connectivity index is 1.93. The van der Waals surface area contributed by atoms with Crippen molar-refractivity contribution in [3.05, 3.63) is 23.5 Å². The number of halogens is 1. The van der Waals surface area contributed by atoms with Gasteiger partial charge >= 0.3 is 12.2 Å². The van der Waals surface area contributed by atoms with Crippen molar-refractivity contribution >= 4 is 29.5 Å². The second-order valence-corrected chi connectivity index (χ2v) is 5.15. The monoisotopic (exact) mass is 323 g/mol. The Morgan fingerprint density at radius 3 is 2.78 bits per heavy atom. The molecule has 23 heavy (non-hydrogen) atoms. The first kappa shape index (κ1) is 15.1. The van der Waals surface area contributed by atoms with Gasteiger partial charge in [-0.05, 0) is 12.1 Å². The zero-order valence-electron chi connectivity index (χ0n) is 12.5. The predicted octanol–water partition coefficient (Wildman–Crippen LogP) is 0.983. The maximum atomic E-state index is 14.4. The number of anilines is 2. The molecule has 0 aromatic heterocycles. The fourth-order valence-electron chi connectivity index (χ4n) is 2.58. The summed E-state index contributed by atoms with van der Waals surface area (Å²) in [6.45, 7) is -0.114. The van der Waals surface area contributed by atoms with E-state index in [-0.39, 0.29) is 24.5 Å². The van der Waals surface area contributed by atoms with Gasteiger partial charge in [-0.15, -0.1) is 0 Å². The molecule has 0 unspecified atom stereocenters. The highest BCUT2D eigenvalue weighted by Crippen LogP contribution is 2.34. The number of hydrogen-bond acceptors (Lipinski definition) is 5. The van der Waals surface area contributed by atoms with Crippen LogP contribution in [0.4, 0.5) is 25.4 Å². The summed E-state index contributed by atoms with van der Waals surface area (Å²) in [5.41, 5.74) is 0.780. The second-order valence-electron chi connectivity index (χ2n) is 5.15. The van der Waals surface area contributed by atoms with Gasteiger partial charge in [0.05, 0.1) is 17.9 Å². The van der Waals surface area contributed by atoms with Crippen LogP contribution in [0.3, 0.4) is 0 Å². The van der Waals surface area contributed by atoms with Gasteiger partial charge in [0.2, 0.25) is 0 Å². The molecular formula is C14H14FN3O5. The third kappa shape index (κ3) is 2.43. The lowest BCUT2D eigenvalue weighted by molar-refractivity contribution is -0.127. The van der Waals surface area contributed by atoms with Crippen LogP contribution in [0.1, 0.15) is 5.56 Å². The number of carbonyl (C=O) groups is 3. The van der Waals surface area contributed by atoms with Gasteiger partial charge in [-0.25, -0.2) is 14.0 Å². The zero-order valence-corrected chi connectivity index (χ0v) is 12.5. The molecule has 1 atom stereocenters. The number of amides is 3. The molecule has 8 nitrogen and oxygen atoms in total. The Morgan fingerprint density at radius 1 is 1.35 bits per heavy atom. The average Bonchev–Trinajstić information content (AvgIpc) is 2.91. The molecule has 122 valence electrons. The number of fused-ring (bicyclic) bond motifs is 1. The molecule has 0 bridgehead atoms. The number of benzene rings is 1. The molecule has 2 heterocycles. The molecule has 3 amide bonds. The van der Waals surface area contributed by atoms with Gasteiger partial charge in [0, 0.05) is 19.7 Å². The third-order valence-corrected chi connectivity index (χ3v) is 3.75. The van der Waals surface area contributed by atoms with Crippen LogP contribution in [0.2, 0.25) is 0 Å². The van der Waals surface area contributed by atoms with E-state index in [1.165, 1.54) is 25.1 Å². The van der Waals surface area contributed by atoms with E-state index in [0.717, 1.165) is 11.0 Å². The minimum atomic E-state index is -0.952. The minimum absolute atomic E-state index is 0.0215. The summed E-state index contributed by atoms with van der Waals surface area (Å²) in [7, 11) is 2.83. The van der Waals surface area contributed by atoms with E-state index in [2.05, 4.69) is 5.32 Å². The Labute approximate surface area is 130 Å². The quantitative estimate of drug-likeness (QED) is 0.876. The molecular weight excluding hydrogens is 309 g/mol. The number of hydrogen-bond donors (Lipinski definition) is 1. The summed E-state index contributed by atoms with van der Waals surface area (Å²) in [6, 6.07) is 2.66. The standard InChI is InChI=1S/C14H14FN3O5/c1-16-12(19)10-5-18(14(21)23-10)8-3-7-6-22-13(20)17(2)11(7)9(15)4-8/h3-4,10H,5-6H2,1-2H3,(H,16,19)/t10-/m1/s1. The van der Waals surface area contributed by atoms with E-state index in [9.17, 15) is 18.8 Å². The first-order valence-electron chi connectivity index (χ1n) is 6.85. The lowest BCUT2D eigenvalue weighted by Crippen LogP contribution is -2.35. The van der Waals surface area contributed by atoms with Gasteiger partial charge in [-0.1, -0.05) is 0 Å². The number of likely N-dealkylation sites (N-methyl/N-ethyl adjacent to an activating group) is 1. The van der Waals surface area contributed by atoms with Crippen molar-refractivity contribution in [1.82, 2.24) is 5.32 Å². The highest BCUT2D eigenvalue weighted by Gasteiger charge is 2.37. The fraction of sp³-hybridized carbons (Fsp3) is 0.357. The summed E-state index contributed by atoms with van der Waals surface area (Å²) in [5, 5.41) is 2.39. The molecule has 1 saturated heterocycles. The Hall–Kier alpha value is -2.84. The summed E-state index contributed by atoms with van der Waals surface area (Å²) < 4.78 is 24.2. The maximum Gasteiger partial charge on any atom is 0.415 e. The molecule has 0 aliphatic carbocycles. The van der Waals surface area contributed by atoms with Crippen molar-refractivity contribution in [2.75, 3.05) is 30.4 Å². The van der Waals surface area contributed by atoms with Gasteiger partial charge in [-0.3, -0.25) is 14.6 Å². The van der Waals surface area contributed by atoms with Crippen molar-refractivity contribution in [2.24, 2.45) is 0 Å². The number of ether oxygens (including phenoxy) is 2. The van der Waals surface area contributed by atoms with Gasteiger partial charge < -0.3 is 14.8 Å². The highest BCUT2D eigenvalue weighted by molar-refractivity contribution is 5.96. The largest absolute Gasteiger partial charge is 0.444 e. The number of nitrogens with one attached hydrogen (secondary N) is 1. The predicted molar refractivity (Wildman–Crippen MR) is 76.7 cm³/mol. The molecule has 0 radical (unpaired) electrons. The molecule has 3 rings (SSSR count). The van der Waals surface area contributed by atoms with Crippen LogP contribution in [0, 0.1) is 5.82 Å². The summed E-state index contributed by atoms with van der Waals surface area (Å²) in [4.78, 5) is 37.2. The lowest BCUT2D eigenvalue weighted by Gasteiger charge is -2.27. The van der Waals surface area contributed by atoms with Gasteiger partial charge in [-0.2, -0.15) is 0 Å². The van der Waals surface area contributed by atoms with Gasteiger partial charge in [0.15, 0.2) is 6.10 Å². The topological polar surface area (TPSA) is 88.2 Å². The van der Waals surface area contributed by atoms with Gasteiger partial charge in [0.1, 0.15) is 12.4 Å². The Kier molecular flexibility index (Phi) is 3.55. The number of cyclic esters (lactones) is 2. The van der Waals surface area contributed by atoms with E-state index in [4.69, 9.17) is 9.47 Å². The molecule has 0 saturated carbocycles. The molecule has 1 aromatic carbocycles. The molecule has 0 spiro atoms. The van der Waals surface area contributed by atoms with Crippen LogP contribution in [-0.2, 0) is 20.9 Å².